The molecular formula is C22H27N5O3. The van der Waals surface area contributed by atoms with Crippen molar-refractivity contribution in [3.8, 4) is 0 Å². The van der Waals surface area contributed by atoms with Gasteiger partial charge in [-0.25, -0.2) is 0 Å². The van der Waals surface area contributed by atoms with E-state index in [0.717, 1.165) is 5.69 Å². The molecule has 2 unspecified atom stereocenters. The molecule has 3 heterocycles. The number of hydrogen-bond donors (Lipinski definition) is 0. The minimum atomic E-state index is -0.760. The number of likely N-dealkylation sites (tertiary alicyclic amines) is 2. The Balaban J connectivity index is 1.53. The van der Waals surface area contributed by atoms with E-state index in [1.807, 2.05) is 31.2 Å². The summed E-state index contributed by atoms with van der Waals surface area (Å²) >= 11 is 0. The Morgan fingerprint density at radius 1 is 1.07 bits per heavy atom. The Morgan fingerprint density at radius 2 is 1.73 bits per heavy atom. The van der Waals surface area contributed by atoms with Gasteiger partial charge in [-0.3, -0.25) is 19.1 Å². The summed E-state index contributed by atoms with van der Waals surface area (Å²) in [4.78, 5) is 44.2. The molecule has 0 aliphatic carbocycles. The number of rotatable bonds is 4. The van der Waals surface area contributed by atoms with Gasteiger partial charge in [-0.2, -0.15) is 5.10 Å². The molecule has 0 spiro atoms. The van der Waals surface area contributed by atoms with Crippen molar-refractivity contribution in [1.82, 2.24) is 24.5 Å². The molecular weight excluding hydrogens is 382 g/mol. The highest BCUT2D eigenvalue weighted by atomic mass is 16.2. The smallest absolute Gasteiger partial charge is 0.253 e. The van der Waals surface area contributed by atoms with Crippen LogP contribution >= 0.6 is 0 Å². The maximum absolute atomic E-state index is 13.2. The lowest BCUT2D eigenvalue weighted by atomic mass is 9.80. The van der Waals surface area contributed by atoms with Gasteiger partial charge < -0.3 is 14.7 Å². The summed E-state index contributed by atoms with van der Waals surface area (Å²) in [6.45, 7) is 3.62. The average Bonchev–Trinajstić information content (AvgIpc) is 3.40. The molecule has 4 rings (SSSR count). The normalized spacial score (nSPS) is 22.8. The molecule has 1 aromatic carbocycles. The van der Waals surface area contributed by atoms with Gasteiger partial charge in [0.25, 0.3) is 5.91 Å². The number of hydrogen-bond acceptors (Lipinski definition) is 4. The molecule has 2 aliphatic rings. The van der Waals surface area contributed by atoms with Crippen LogP contribution in [0.5, 0.6) is 0 Å². The standard InChI is InChI=1S/C22H27N5O3/c1-16-9-10-27(23-16)13-19(28)25-11-18-12-26(20(29)17-7-5-4-6-8-17)15-22(18,14-25)21(30)24(2)3/h4-10,18H,11-15H2,1-3H3. The topological polar surface area (TPSA) is 78.8 Å². The van der Waals surface area contributed by atoms with E-state index in [1.165, 1.54) is 0 Å². The van der Waals surface area contributed by atoms with Crippen LogP contribution < -0.4 is 0 Å². The highest BCUT2D eigenvalue weighted by Crippen LogP contribution is 2.44. The van der Waals surface area contributed by atoms with Gasteiger partial charge in [0.2, 0.25) is 11.8 Å². The van der Waals surface area contributed by atoms with Crippen LogP contribution in [0.15, 0.2) is 42.6 Å². The molecule has 0 radical (unpaired) electrons. The Hall–Kier alpha value is -3.16. The molecule has 8 heteroatoms. The van der Waals surface area contributed by atoms with Gasteiger partial charge >= 0.3 is 0 Å². The molecule has 3 amide bonds. The Labute approximate surface area is 176 Å². The predicted molar refractivity (Wildman–Crippen MR) is 111 cm³/mol. The molecule has 2 aromatic rings. The van der Waals surface area contributed by atoms with Crippen LogP contribution in [0.4, 0.5) is 0 Å². The van der Waals surface area contributed by atoms with Crippen molar-refractivity contribution >= 4 is 17.7 Å². The zero-order valence-corrected chi connectivity index (χ0v) is 17.6. The average molecular weight is 409 g/mol. The summed E-state index contributed by atoms with van der Waals surface area (Å²) in [6, 6.07) is 11.0. The minimum absolute atomic E-state index is 0.0268. The van der Waals surface area contributed by atoms with E-state index in [2.05, 4.69) is 5.10 Å². The van der Waals surface area contributed by atoms with Crippen LogP contribution in [0.2, 0.25) is 0 Å². The summed E-state index contributed by atoms with van der Waals surface area (Å²) in [5.41, 5.74) is 0.714. The van der Waals surface area contributed by atoms with Crippen LogP contribution in [0.25, 0.3) is 0 Å². The second-order valence-corrected chi connectivity index (χ2v) is 8.53. The molecule has 1 aromatic heterocycles. The lowest BCUT2D eigenvalue weighted by Crippen LogP contribution is -2.48. The van der Waals surface area contributed by atoms with Crippen molar-refractivity contribution in [2.75, 3.05) is 40.3 Å². The van der Waals surface area contributed by atoms with Gasteiger partial charge in [0, 0.05) is 58.0 Å². The SMILES string of the molecule is Cc1ccn(CC(=O)N2CC3CN(C(=O)c4ccccc4)CC3(C(=O)N(C)C)C2)n1. The van der Waals surface area contributed by atoms with E-state index < -0.39 is 5.41 Å². The fourth-order valence-corrected chi connectivity index (χ4v) is 4.71. The number of amides is 3. The number of fused-ring (bicyclic) bond motifs is 1. The number of benzene rings is 1. The fourth-order valence-electron chi connectivity index (χ4n) is 4.71. The van der Waals surface area contributed by atoms with Crippen molar-refractivity contribution in [3.63, 3.8) is 0 Å². The third kappa shape index (κ3) is 3.46. The van der Waals surface area contributed by atoms with Crippen LogP contribution in [-0.2, 0) is 16.1 Å². The van der Waals surface area contributed by atoms with E-state index >= 15 is 0 Å². The Kier molecular flexibility index (Phi) is 5.09. The van der Waals surface area contributed by atoms with E-state index in [1.54, 1.807) is 51.8 Å². The van der Waals surface area contributed by atoms with Gasteiger partial charge in [-0.05, 0) is 25.1 Å². The molecule has 2 saturated heterocycles. The van der Waals surface area contributed by atoms with Crippen LogP contribution in [0.3, 0.4) is 0 Å². The number of carbonyl (C=O) groups excluding carboxylic acids is 3. The Bertz CT molecular complexity index is 970. The largest absolute Gasteiger partial charge is 0.348 e. The first-order chi connectivity index (χ1) is 14.3. The molecule has 30 heavy (non-hydrogen) atoms. The predicted octanol–water partition coefficient (Wildman–Crippen LogP) is 0.881. The first-order valence-corrected chi connectivity index (χ1v) is 10.1. The molecule has 2 fully saturated rings. The highest BCUT2D eigenvalue weighted by molar-refractivity contribution is 5.96. The van der Waals surface area contributed by atoms with Gasteiger partial charge in [-0.1, -0.05) is 18.2 Å². The third-order valence-electron chi connectivity index (χ3n) is 6.17. The summed E-state index contributed by atoms with van der Waals surface area (Å²) < 4.78 is 1.62. The monoisotopic (exact) mass is 409 g/mol. The number of nitrogens with zero attached hydrogens (tertiary/aromatic N) is 5. The van der Waals surface area contributed by atoms with Gasteiger partial charge in [0.15, 0.2) is 0 Å². The van der Waals surface area contributed by atoms with E-state index in [9.17, 15) is 14.4 Å². The third-order valence-corrected chi connectivity index (χ3v) is 6.17. The molecule has 0 saturated carbocycles. The molecule has 2 atom stereocenters. The lowest BCUT2D eigenvalue weighted by molar-refractivity contribution is -0.140. The molecule has 0 N–H and O–H groups in total. The lowest BCUT2D eigenvalue weighted by Gasteiger charge is -2.30. The molecule has 158 valence electrons. The van der Waals surface area contributed by atoms with Crippen molar-refractivity contribution in [2.24, 2.45) is 11.3 Å². The molecule has 8 nitrogen and oxygen atoms in total. The van der Waals surface area contributed by atoms with E-state index in [4.69, 9.17) is 0 Å². The van der Waals surface area contributed by atoms with Crippen molar-refractivity contribution in [1.29, 1.82) is 0 Å². The summed E-state index contributed by atoms with van der Waals surface area (Å²) in [7, 11) is 3.46. The van der Waals surface area contributed by atoms with Crippen LogP contribution in [-0.4, -0.2) is 82.5 Å². The maximum Gasteiger partial charge on any atom is 0.253 e. The summed E-state index contributed by atoms with van der Waals surface area (Å²) in [6.07, 6.45) is 1.78. The van der Waals surface area contributed by atoms with Gasteiger partial charge in [0.05, 0.1) is 11.1 Å². The summed E-state index contributed by atoms with van der Waals surface area (Å²) in [5.74, 6) is -0.232. The van der Waals surface area contributed by atoms with Gasteiger partial charge in [0.1, 0.15) is 6.54 Å². The molecule has 0 bridgehead atoms. The van der Waals surface area contributed by atoms with Gasteiger partial charge in [-0.15, -0.1) is 0 Å². The van der Waals surface area contributed by atoms with Crippen molar-refractivity contribution < 1.29 is 14.4 Å². The van der Waals surface area contributed by atoms with E-state index in [-0.39, 0.29) is 30.2 Å². The highest BCUT2D eigenvalue weighted by Gasteiger charge is 2.59. The van der Waals surface area contributed by atoms with Crippen molar-refractivity contribution in [3.05, 3.63) is 53.9 Å². The number of aromatic nitrogens is 2. The first kappa shape index (κ1) is 20.1. The van der Waals surface area contributed by atoms with E-state index in [0.29, 0.717) is 31.7 Å². The van der Waals surface area contributed by atoms with Crippen LogP contribution in [0, 0.1) is 18.3 Å². The zero-order chi connectivity index (χ0) is 21.5. The summed E-state index contributed by atoms with van der Waals surface area (Å²) in [5, 5.41) is 4.28. The zero-order valence-electron chi connectivity index (χ0n) is 17.6. The number of aryl methyl sites for hydroxylation is 1. The quantitative estimate of drug-likeness (QED) is 0.751. The van der Waals surface area contributed by atoms with Crippen molar-refractivity contribution in [2.45, 2.75) is 13.5 Å². The first-order valence-electron chi connectivity index (χ1n) is 10.1. The maximum atomic E-state index is 13.2. The minimum Gasteiger partial charge on any atom is -0.348 e. The van der Waals surface area contributed by atoms with Crippen LogP contribution in [0.1, 0.15) is 16.1 Å². The Morgan fingerprint density at radius 3 is 2.37 bits per heavy atom. The second kappa shape index (κ2) is 7.59. The fraction of sp³-hybridized carbons (Fsp3) is 0.455. The number of carbonyl (C=O) groups is 3. The molecule has 2 aliphatic heterocycles. The second-order valence-electron chi connectivity index (χ2n) is 8.53.